The van der Waals surface area contributed by atoms with Gasteiger partial charge in [0.1, 0.15) is 11.5 Å². The van der Waals surface area contributed by atoms with Crippen LogP contribution in [0.1, 0.15) is 36.8 Å². The van der Waals surface area contributed by atoms with Gasteiger partial charge in [-0.05, 0) is 72.2 Å². The molecule has 0 bridgehead atoms. The molecule has 168 valence electrons. The van der Waals surface area contributed by atoms with Gasteiger partial charge in [0.2, 0.25) is 0 Å². The van der Waals surface area contributed by atoms with Crippen molar-refractivity contribution in [1.29, 1.82) is 0 Å². The van der Waals surface area contributed by atoms with E-state index in [0.717, 1.165) is 24.0 Å². The van der Waals surface area contributed by atoms with E-state index in [1.165, 1.54) is 0 Å². The Bertz CT molecular complexity index is 918. The van der Waals surface area contributed by atoms with E-state index in [9.17, 15) is 19.8 Å². The normalized spacial score (nSPS) is 19.3. The van der Waals surface area contributed by atoms with Crippen molar-refractivity contribution >= 4 is 24.1 Å². The number of ether oxygens (including phenoxy) is 2. The highest BCUT2D eigenvalue weighted by molar-refractivity contribution is 5.95. The molecule has 6 heteroatoms. The number of carboxylic acid groups (broad SMARTS) is 2. The van der Waals surface area contributed by atoms with Gasteiger partial charge >= 0.3 is 11.9 Å². The highest BCUT2D eigenvalue weighted by Gasteiger charge is 2.35. The fraction of sp³-hybridized carbons (Fsp3) is 0.308. The first-order chi connectivity index (χ1) is 15.4. The largest absolute Gasteiger partial charge is 0.497 e. The summed E-state index contributed by atoms with van der Waals surface area (Å²) in [5.41, 5.74) is 1.95. The first-order valence-electron chi connectivity index (χ1n) is 10.6. The molecule has 2 aromatic rings. The number of carboxylic acids is 2. The third-order valence-electron chi connectivity index (χ3n) is 5.93. The molecule has 0 saturated heterocycles. The van der Waals surface area contributed by atoms with Gasteiger partial charge < -0.3 is 19.7 Å². The van der Waals surface area contributed by atoms with E-state index in [0.29, 0.717) is 24.3 Å². The summed E-state index contributed by atoms with van der Waals surface area (Å²) in [5.74, 6) is -1.44. The van der Waals surface area contributed by atoms with E-state index in [-0.39, 0.29) is 23.0 Å². The van der Waals surface area contributed by atoms with Gasteiger partial charge in [0.25, 0.3) is 0 Å². The molecule has 1 saturated carbocycles. The minimum Gasteiger partial charge on any atom is -0.497 e. The molecule has 2 atom stereocenters. The molecule has 2 N–H and O–H groups in total. The fourth-order valence-electron chi connectivity index (χ4n) is 4.29. The predicted octanol–water partition coefficient (Wildman–Crippen LogP) is 5.15. The van der Waals surface area contributed by atoms with Crippen molar-refractivity contribution in [2.45, 2.75) is 25.7 Å². The molecule has 1 fully saturated rings. The molecule has 1 aliphatic carbocycles. The number of hydrogen-bond donors (Lipinski definition) is 2. The lowest BCUT2D eigenvalue weighted by Crippen LogP contribution is -2.29. The van der Waals surface area contributed by atoms with Crippen LogP contribution in [-0.4, -0.2) is 36.4 Å². The van der Waals surface area contributed by atoms with Crippen molar-refractivity contribution in [3.05, 3.63) is 70.8 Å². The topological polar surface area (TPSA) is 93.1 Å². The average Bonchev–Trinajstić information content (AvgIpc) is 2.81. The molecule has 0 radical (unpaired) electrons. The summed E-state index contributed by atoms with van der Waals surface area (Å²) >= 11 is 0. The molecule has 3 rings (SSSR count). The SMILES string of the molecule is COc1ccc(C=C(C(=O)O)[C@H]2CCCC[C@@H]2C(=Cc2ccc(OC)cc2)C(=O)O)cc1. The number of aliphatic carboxylic acids is 2. The lowest BCUT2D eigenvalue weighted by atomic mass is 9.71. The molecule has 0 aliphatic heterocycles. The third kappa shape index (κ3) is 5.58. The maximum absolute atomic E-state index is 12.2. The molecule has 0 heterocycles. The summed E-state index contributed by atoms with van der Waals surface area (Å²) in [5, 5.41) is 20.0. The van der Waals surface area contributed by atoms with Gasteiger partial charge in [0.05, 0.1) is 14.2 Å². The van der Waals surface area contributed by atoms with Crippen LogP contribution in [0.2, 0.25) is 0 Å². The number of carbonyl (C=O) groups is 2. The molecule has 2 aromatic carbocycles. The Labute approximate surface area is 187 Å². The van der Waals surface area contributed by atoms with E-state index < -0.39 is 11.9 Å². The summed E-state index contributed by atoms with van der Waals surface area (Å²) in [7, 11) is 3.14. The van der Waals surface area contributed by atoms with Crippen LogP contribution in [0, 0.1) is 11.8 Å². The molecule has 0 amide bonds. The Balaban J connectivity index is 1.99. The minimum atomic E-state index is -1.02. The molecular weight excluding hydrogens is 408 g/mol. The Morgan fingerprint density at radius 3 is 1.34 bits per heavy atom. The van der Waals surface area contributed by atoms with Gasteiger partial charge in [-0.15, -0.1) is 0 Å². The summed E-state index contributed by atoms with van der Waals surface area (Å²) in [6.45, 7) is 0. The Kier molecular flexibility index (Phi) is 7.71. The smallest absolute Gasteiger partial charge is 0.331 e. The van der Waals surface area contributed by atoms with Gasteiger partial charge in [-0.1, -0.05) is 37.1 Å². The van der Waals surface area contributed by atoms with Crippen LogP contribution in [0.5, 0.6) is 11.5 Å². The highest BCUT2D eigenvalue weighted by atomic mass is 16.5. The van der Waals surface area contributed by atoms with Crippen molar-refractivity contribution < 1.29 is 29.3 Å². The molecule has 0 unspecified atom stereocenters. The molecule has 32 heavy (non-hydrogen) atoms. The zero-order chi connectivity index (χ0) is 23.1. The number of rotatable bonds is 8. The van der Waals surface area contributed by atoms with Crippen molar-refractivity contribution in [3.8, 4) is 11.5 Å². The minimum absolute atomic E-state index is 0.238. The van der Waals surface area contributed by atoms with Crippen LogP contribution in [0.15, 0.2) is 59.7 Å². The quantitative estimate of drug-likeness (QED) is 0.556. The van der Waals surface area contributed by atoms with Crippen molar-refractivity contribution in [1.82, 2.24) is 0 Å². The fourth-order valence-corrected chi connectivity index (χ4v) is 4.29. The van der Waals surface area contributed by atoms with Gasteiger partial charge in [-0.25, -0.2) is 9.59 Å². The zero-order valence-electron chi connectivity index (χ0n) is 18.3. The van der Waals surface area contributed by atoms with Crippen molar-refractivity contribution in [2.75, 3.05) is 14.2 Å². The second-order valence-electron chi connectivity index (χ2n) is 7.85. The summed E-state index contributed by atoms with van der Waals surface area (Å²) in [6, 6.07) is 14.3. The molecular formula is C26H28O6. The van der Waals surface area contributed by atoms with Crippen LogP contribution in [-0.2, 0) is 9.59 Å². The van der Waals surface area contributed by atoms with Crippen molar-refractivity contribution in [3.63, 3.8) is 0 Å². The molecule has 1 aliphatic rings. The van der Waals surface area contributed by atoms with E-state index in [1.54, 1.807) is 74.9 Å². The van der Waals surface area contributed by atoms with Crippen LogP contribution >= 0.6 is 0 Å². The second-order valence-corrected chi connectivity index (χ2v) is 7.85. The summed E-state index contributed by atoms with van der Waals surface area (Å²) < 4.78 is 10.3. The van der Waals surface area contributed by atoms with Crippen molar-refractivity contribution in [2.24, 2.45) is 11.8 Å². The highest BCUT2D eigenvalue weighted by Crippen LogP contribution is 2.41. The first-order valence-corrected chi connectivity index (χ1v) is 10.6. The summed E-state index contributed by atoms with van der Waals surface area (Å²) in [6.07, 6.45) is 6.29. The number of benzene rings is 2. The monoisotopic (exact) mass is 436 g/mol. The Morgan fingerprint density at radius 2 is 1.06 bits per heavy atom. The van der Waals surface area contributed by atoms with Crippen LogP contribution in [0.4, 0.5) is 0 Å². The lowest BCUT2D eigenvalue weighted by Gasteiger charge is -2.32. The standard InChI is InChI=1S/C26H28O6/c1-31-19-11-7-17(8-12-19)15-23(25(27)28)21-5-3-4-6-22(21)24(26(29)30)16-18-9-13-20(32-2)14-10-18/h7-16,21-22H,3-6H2,1-2H3,(H,27,28)(H,29,30)/t21-,22-/m0/s1. The summed E-state index contributed by atoms with van der Waals surface area (Å²) in [4.78, 5) is 24.4. The van der Waals surface area contributed by atoms with Gasteiger partial charge in [0, 0.05) is 11.1 Å². The number of hydrogen-bond acceptors (Lipinski definition) is 4. The van der Waals surface area contributed by atoms with Crippen LogP contribution in [0.25, 0.3) is 12.2 Å². The maximum Gasteiger partial charge on any atom is 0.331 e. The van der Waals surface area contributed by atoms with Gasteiger partial charge in [0.15, 0.2) is 0 Å². The zero-order valence-corrected chi connectivity index (χ0v) is 18.3. The van der Waals surface area contributed by atoms with Gasteiger partial charge in [-0.2, -0.15) is 0 Å². The predicted molar refractivity (Wildman–Crippen MR) is 123 cm³/mol. The van der Waals surface area contributed by atoms with Crippen LogP contribution < -0.4 is 9.47 Å². The average molecular weight is 437 g/mol. The molecule has 0 aromatic heterocycles. The van der Waals surface area contributed by atoms with E-state index in [2.05, 4.69) is 0 Å². The maximum atomic E-state index is 12.2. The van der Waals surface area contributed by atoms with E-state index in [1.807, 2.05) is 0 Å². The first kappa shape index (κ1) is 23.1. The molecule has 6 nitrogen and oxygen atoms in total. The second kappa shape index (κ2) is 10.7. The van der Waals surface area contributed by atoms with Gasteiger partial charge in [-0.3, -0.25) is 0 Å². The molecule has 0 spiro atoms. The third-order valence-corrected chi connectivity index (χ3v) is 5.93. The van der Waals surface area contributed by atoms with Crippen LogP contribution in [0.3, 0.4) is 0 Å². The Morgan fingerprint density at radius 1 is 0.719 bits per heavy atom. The number of methoxy groups -OCH3 is 2. The van der Waals surface area contributed by atoms with E-state index >= 15 is 0 Å². The lowest BCUT2D eigenvalue weighted by molar-refractivity contribution is -0.135. The van der Waals surface area contributed by atoms with E-state index in [4.69, 9.17) is 9.47 Å². The Hall–Kier alpha value is -3.54.